The summed E-state index contributed by atoms with van der Waals surface area (Å²) in [5, 5.41) is 0. The summed E-state index contributed by atoms with van der Waals surface area (Å²) in [6, 6.07) is 6.97. The largest absolute Gasteiger partial charge is 0.474 e. The molecule has 4 aliphatic rings. The maximum Gasteiger partial charge on any atom is 0.235 e. The third kappa shape index (κ3) is 3.86. The average molecular weight is 381 g/mol. The normalized spacial score (nSPS) is 27.5. The zero-order valence-electron chi connectivity index (χ0n) is 17.3. The highest BCUT2D eigenvalue weighted by Crippen LogP contribution is 2.46. The number of aliphatic imine (C=N–C) groups is 1. The monoisotopic (exact) mass is 380 g/mol. The van der Waals surface area contributed by atoms with Crippen molar-refractivity contribution in [2.75, 3.05) is 6.61 Å². The fraction of sp³-hybridized carbons (Fsp3) is 0.760. The Balaban J connectivity index is 1.37. The van der Waals surface area contributed by atoms with Gasteiger partial charge in [-0.25, -0.2) is 9.98 Å². The van der Waals surface area contributed by atoms with E-state index in [-0.39, 0.29) is 0 Å². The Labute approximate surface area is 170 Å². The van der Waals surface area contributed by atoms with Crippen molar-refractivity contribution in [3.05, 3.63) is 29.6 Å². The number of hydrogen-bond donors (Lipinski definition) is 0. The lowest BCUT2D eigenvalue weighted by Crippen LogP contribution is -2.22. The molecule has 28 heavy (non-hydrogen) atoms. The second kappa shape index (κ2) is 8.55. The highest BCUT2D eigenvalue weighted by molar-refractivity contribution is 5.93. The lowest BCUT2D eigenvalue weighted by Gasteiger charge is -2.29. The minimum absolute atomic E-state index is 0.362. The first-order valence-electron chi connectivity index (χ1n) is 12.1. The van der Waals surface area contributed by atoms with Crippen molar-refractivity contribution in [2.24, 2.45) is 22.7 Å². The van der Waals surface area contributed by atoms with E-state index in [1.807, 2.05) is 0 Å². The van der Waals surface area contributed by atoms with E-state index in [0.717, 1.165) is 36.0 Å². The van der Waals surface area contributed by atoms with Gasteiger partial charge < -0.3 is 4.74 Å². The number of nitrogens with zero attached hydrogens (tertiary/aromatic N) is 2. The van der Waals surface area contributed by atoms with E-state index in [1.54, 1.807) is 0 Å². The lowest BCUT2D eigenvalue weighted by atomic mass is 9.77. The van der Waals surface area contributed by atoms with Crippen molar-refractivity contribution in [1.29, 1.82) is 0 Å². The Bertz CT molecular complexity index is 666. The molecule has 1 aromatic rings. The van der Waals surface area contributed by atoms with Crippen LogP contribution in [0.25, 0.3) is 0 Å². The van der Waals surface area contributed by atoms with Gasteiger partial charge >= 0.3 is 0 Å². The number of hydrogen-bond acceptors (Lipinski definition) is 3. The summed E-state index contributed by atoms with van der Waals surface area (Å²) in [6.45, 7) is 0.764. The number of aromatic nitrogens is 1. The first kappa shape index (κ1) is 18.6. The summed E-state index contributed by atoms with van der Waals surface area (Å²) in [7, 11) is 0. The van der Waals surface area contributed by atoms with E-state index in [9.17, 15) is 0 Å². The van der Waals surface area contributed by atoms with E-state index in [2.05, 4.69) is 18.2 Å². The third-order valence-electron chi connectivity index (χ3n) is 8.01. The van der Waals surface area contributed by atoms with E-state index < -0.39 is 0 Å². The summed E-state index contributed by atoms with van der Waals surface area (Å²) < 4.78 is 6.08. The molecule has 3 nitrogen and oxygen atoms in total. The second-order valence-electron chi connectivity index (χ2n) is 9.77. The van der Waals surface area contributed by atoms with Crippen molar-refractivity contribution in [1.82, 2.24) is 4.98 Å². The standard InChI is InChI=1S/C25H36N2O/c1-2-9-18(10-3-1)23-17-28-25(27-23)22-16-8-15-21(26-22)24(19-11-4-5-12-19)20-13-6-7-14-20/h8,15-16,18-20,23-24H,1-7,9-14,17H2/t23-/m0/s1. The Hall–Kier alpha value is -1.38. The first-order valence-corrected chi connectivity index (χ1v) is 12.1. The molecule has 152 valence electrons. The fourth-order valence-electron chi connectivity index (χ4n) is 6.55. The van der Waals surface area contributed by atoms with Crippen LogP contribution < -0.4 is 0 Å². The van der Waals surface area contributed by atoms with Crippen molar-refractivity contribution in [3.8, 4) is 0 Å². The van der Waals surface area contributed by atoms with Crippen LogP contribution >= 0.6 is 0 Å². The third-order valence-corrected chi connectivity index (χ3v) is 8.01. The molecule has 5 rings (SSSR count). The predicted molar refractivity (Wildman–Crippen MR) is 114 cm³/mol. The molecule has 1 aliphatic heterocycles. The zero-order valence-corrected chi connectivity index (χ0v) is 17.3. The molecule has 3 fully saturated rings. The average Bonchev–Trinajstić information content (AvgIpc) is 3.52. The van der Waals surface area contributed by atoms with Gasteiger partial charge in [-0.05, 0) is 68.4 Å². The van der Waals surface area contributed by atoms with Gasteiger partial charge in [0, 0.05) is 11.6 Å². The van der Waals surface area contributed by atoms with Crippen LogP contribution in [0.2, 0.25) is 0 Å². The van der Waals surface area contributed by atoms with Crippen molar-refractivity contribution in [3.63, 3.8) is 0 Å². The van der Waals surface area contributed by atoms with Gasteiger partial charge in [-0.3, -0.25) is 0 Å². The van der Waals surface area contributed by atoms with Crippen LogP contribution in [-0.2, 0) is 4.74 Å². The van der Waals surface area contributed by atoms with Gasteiger partial charge in [-0.2, -0.15) is 0 Å². The summed E-state index contributed by atoms with van der Waals surface area (Å²) in [4.78, 5) is 10.2. The molecular formula is C25H36N2O. The lowest BCUT2D eigenvalue weighted by molar-refractivity contribution is 0.240. The van der Waals surface area contributed by atoms with Crippen molar-refractivity contribution >= 4 is 5.90 Å². The molecule has 3 aliphatic carbocycles. The molecular weight excluding hydrogens is 344 g/mol. The second-order valence-corrected chi connectivity index (χ2v) is 9.77. The molecule has 0 saturated heterocycles. The smallest absolute Gasteiger partial charge is 0.235 e. The number of ether oxygens (including phenoxy) is 1. The Morgan fingerprint density at radius 1 is 0.786 bits per heavy atom. The van der Waals surface area contributed by atoms with Gasteiger partial charge in [0.25, 0.3) is 0 Å². The van der Waals surface area contributed by atoms with Crippen LogP contribution in [0.3, 0.4) is 0 Å². The SMILES string of the molecule is c1cc(C2=N[C@H](C3CCCCC3)CO2)nc(C(C2CCCC2)C2CCCC2)c1. The summed E-state index contributed by atoms with van der Waals surface area (Å²) in [5.41, 5.74) is 2.31. The fourth-order valence-corrected chi connectivity index (χ4v) is 6.55. The highest BCUT2D eigenvalue weighted by Gasteiger charge is 2.36. The van der Waals surface area contributed by atoms with Crippen molar-refractivity contribution < 1.29 is 4.74 Å². The minimum atomic E-state index is 0.362. The number of pyridine rings is 1. The Kier molecular flexibility index (Phi) is 5.69. The topological polar surface area (TPSA) is 34.5 Å². The van der Waals surface area contributed by atoms with Gasteiger partial charge in [0.05, 0.1) is 6.04 Å². The molecule has 3 saturated carbocycles. The summed E-state index contributed by atoms with van der Waals surface area (Å²) >= 11 is 0. The Morgan fingerprint density at radius 2 is 1.43 bits per heavy atom. The molecule has 0 spiro atoms. The number of rotatable bonds is 5. The molecule has 0 radical (unpaired) electrons. The maximum absolute atomic E-state index is 6.08. The molecule has 0 unspecified atom stereocenters. The van der Waals surface area contributed by atoms with E-state index >= 15 is 0 Å². The van der Waals surface area contributed by atoms with Crippen LogP contribution in [0.5, 0.6) is 0 Å². The molecule has 1 aromatic heterocycles. The van der Waals surface area contributed by atoms with Crippen LogP contribution in [0.15, 0.2) is 23.2 Å². The molecule has 0 amide bonds. The molecule has 0 N–H and O–H groups in total. The van der Waals surface area contributed by atoms with Gasteiger partial charge in [-0.1, -0.05) is 51.0 Å². The van der Waals surface area contributed by atoms with Crippen LogP contribution in [0.4, 0.5) is 0 Å². The van der Waals surface area contributed by atoms with Gasteiger partial charge in [0.15, 0.2) is 0 Å². The first-order chi connectivity index (χ1) is 13.9. The van der Waals surface area contributed by atoms with E-state index in [0.29, 0.717) is 12.0 Å². The zero-order chi connectivity index (χ0) is 18.8. The predicted octanol–water partition coefficient (Wildman–Crippen LogP) is 6.27. The quantitative estimate of drug-likeness (QED) is 0.603. The van der Waals surface area contributed by atoms with Gasteiger partial charge in [0.1, 0.15) is 12.3 Å². The summed E-state index contributed by atoms with van der Waals surface area (Å²) in [6.07, 6.45) is 18.0. The molecule has 3 heteroatoms. The van der Waals surface area contributed by atoms with E-state index in [1.165, 1.54) is 89.2 Å². The molecule has 0 bridgehead atoms. The molecule has 1 atom stereocenters. The summed E-state index contributed by atoms with van der Waals surface area (Å²) in [5.74, 6) is 3.87. The Morgan fingerprint density at radius 3 is 2.11 bits per heavy atom. The van der Waals surface area contributed by atoms with E-state index in [4.69, 9.17) is 14.7 Å². The van der Waals surface area contributed by atoms with Crippen LogP contribution in [0, 0.1) is 17.8 Å². The van der Waals surface area contributed by atoms with Crippen LogP contribution in [-0.4, -0.2) is 23.5 Å². The molecule has 0 aromatic carbocycles. The van der Waals surface area contributed by atoms with Crippen molar-refractivity contribution in [2.45, 2.75) is 95.4 Å². The van der Waals surface area contributed by atoms with Crippen LogP contribution in [0.1, 0.15) is 101 Å². The maximum atomic E-state index is 6.08. The highest BCUT2D eigenvalue weighted by atomic mass is 16.5. The minimum Gasteiger partial charge on any atom is -0.474 e. The van der Waals surface area contributed by atoms with Gasteiger partial charge in [0.2, 0.25) is 5.90 Å². The molecule has 2 heterocycles. The van der Waals surface area contributed by atoms with Gasteiger partial charge in [-0.15, -0.1) is 0 Å².